The van der Waals surface area contributed by atoms with Gasteiger partial charge in [0.05, 0.1) is 0 Å². The molecule has 0 saturated heterocycles. The van der Waals surface area contributed by atoms with Gasteiger partial charge in [-0.2, -0.15) is 0 Å². The minimum Gasteiger partial charge on any atom is -0.0622 e. The molecule has 38 heavy (non-hydrogen) atoms. The van der Waals surface area contributed by atoms with Crippen molar-refractivity contribution >= 4 is 21.5 Å². The number of benzene rings is 7. The van der Waals surface area contributed by atoms with Gasteiger partial charge in [-0.3, -0.25) is 0 Å². The number of rotatable bonds is 4. The SMILES string of the molecule is c1ccc(-c2cc(-c3ccccc3)c3c(c2)cc(-c2ccccc2)c2cc(-c4ccccc4)ccc23)cc1. The third kappa shape index (κ3) is 3.97. The van der Waals surface area contributed by atoms with E-state index >= 15 is 0 Å². The Morgan fingerprint density at radius 1 is 0.263 bits per heavy atom. The molecule has 0 N–H and O–H groups in total. The van der Waals surface area contributed by atoms with Crippen molar-refractivity contribution in [3.63, 3.8) is 0 Å². The normalized spacial score (nSPS) is 11.2. The highest BCUT2D eigenvalue weighted by atomic mass is 14.2. The van der Waals surface area contributed by atoms with Gasteiger partial charge in [0.2, 0.25) is 0 Å². The molecule has 0 bridgehead atoms. The number of hydrogen-bond donors (Lipinski definition) is 0. The Morgan fingerprint density at radius 2 is 0.763 bits per heavy atom. The molecular formula is C38H26. The molecule has 0 spiro atoms. The Hall–Kier alpha value is -4.94. The van der Waals surface area contributed by atoms with Crippen molar-refractivity contribution in [1.82, 2.24) is 0 Å². The van der Waals surface area contributed by atoms with E-state index in [0.717, 1.165) is 0 Å². The molecule has 0 fully saturated rings. The maximum absolute atomic E-state index is 2.39. The molecule has 0 unspecified atom stereocenters. The average Bonchev–Trinajstić information content (AvgIpc) is 3.01. The Bertz CT molecular complexity index is 1870. The summed E-state index contributed by atoms with van der Waals surface area (Å²) in [6.45, 7) is 0. The molecule has 0 aliphatic heterocycles. The summed E-state index contributed by atoms with van der Waals surface area (Å²) in [7, 11) is 0. The Balaban J connectivity index is 1.61. The Kier molecular flexibility index (Phi) is 5.57. The van der Waals surface area contributed by atoms with E-state index in [1.54, 1.807) is 0 Å². The molecule has 7 aromatic rings. The van der Waals surface area contributed by atoms with Crippen LogP contribution in [0.1, 0.15) is 0 Å². The van der Waals surface area contributed by atoms with Crippen LogP contribution >= 0.6 is 0 Å². The van der Waals surface area contributed by atoms with E-state index in [9.17, 15) is 0 Å². The smallest absolute Gasteiger partial charge is 0.00259 e. The largest absolute Gasteiger partial charge is 0.0622 e. The second-order valence-electron chi connectivity index (χ2n) is 9.77. The lowest BCUT2D eigenvalue weighted by molar-refractivity contribution is 1.61. The van der Waals surface area contributed by atoms with Crippen molar-refractivity contribution in [2.75, 3.05) is 0 Å². The maximum atomic E-state index is 2.39. The van der Waals surface area contributed by atoms with E-state index in [0.29, 0.717) is 0 Å². The second-order valence-corrected chi connectivity index (χ2v) is 9.77. The molecule has 0 amide bonds. The Labute approximate surface area is 223 Å². The molecule has 0 saturated carbocycles. The highest BCUT2D eigenvalue weighted by Crippen LogP contribution is 2.43. The van der Waals surface area contributed by atoms with E-state index in [4.69, 9.17) is 0 Å². The van der Waals surface area contributed by atoms with Crippen molar-refractivity contribution in [2.45, 2.75) is 0 Å². The highest BCUT2D eigenvalue weighted by molar-refractivity contribution is 6.20. The van der Waals surface area contributed by atoms with Crippen molar-refractivity contribution in [1.29, 1.82) is 0 Å². The molecule has 7 rings (SSSR count). The summed E-state index contributed by atoms with van der Waals surface area (Å²) in [5, 5.41) is 5.10. The summed E-state index contributed by atoms with van der Waals surface area (Å²) < 4.78 is 0. The molecule has 178 valence electrons. The van der Waals surface area contributed by atoms with Crippen molar-refractivity contribution in [3.8, 4) is 44.5 Å². The van der Waals surface area contributed by atoms with Gasteiger partial charge in [0.1, 0.15) is 0 Å². The van der Waals surface area contributed by atoms with Crippen LogP contribution < -0.4 is 0 Å². The van der Waals surface area contributed by atoms with Crippen LogP contribution in [0.25, 0.3) is 66.1 Å². The van der Waals surface area contributed by atoms with Crippen LogP contribution in [0.3, 0.4) is 0 Å². The average molecular weight is 483 g/mol. The van der Waals surface area contributed by atoms with Crippen LogP contribution in [0.2, 0.25) is 0 Å². The fourth-order valence-corrected chi connectivity index (χ4v) is 5.61. The Morgan fingerprint density at radius 3 is 1.34 bits per heavy atom. The zero-order chi connectivity index (χ0) is 25.3. The molecule has 0 aliphatic rings. The van der Waals surface area contributed by atoms with E-state index in [1.165, 1.54) is 66.1 Å². The van der Waals surface area contributed by atoms with Crippen molar-refractivity contribution in [3.05, 3.63) is 158 Å². The van der Waals surface area contributed by atoms with Gasteiger partial charge in [-0.1, -0.05) is 133 Å². The summed E-state index contributed by atoms with van der Waals surface area (Å²) >= 11 is 0. The summed E-state index contributed by atoms with van der Waals surface area (Å²) in [6, 6.07) is 57.0. The predicted molar refractivity (Wildman–Crippen MR) is 163 cm³/mol. The zero-order valence-corrected chi connectivity index (χ0v) is 21.0. The van der Waals surface area contributed by atoms with E-state index < -0.39 is 0 Å². The van der Waals surface area contributed by atoms with Gasteiger partial charge in [-0.05, 0) is 90.3 Å². The van der Waals surface area contributed by atoms with E-state index in [-0.39, 0.29) is 0 Å². The molecule has 0 radical (unpaired) electrons. The minimum absolute atomic E-state index is 1.23. The fourth-order valence-electron chi connectivity index (χ4n) is 5.61. The topological polar surface area (TPSA) is 0 Å². The fraction of sp³-hybridized carbons (Fsp3) is 0. The van der Waals surface area contributed by atoms with Crippen LogP contribution in [0, 0.1) is 0 Å². The third-order valence-corrected chi connectivity index (χ3v) is 7.43. The molecule has 0 nitrogen and oxygen atoms in total. The van der Waals surface area contributed by atoms with Crippen LogP contribution in [0.4, 0.5) is 0 Å². The van der Waals surface area contributed by atoms with E-state index in [1.807, 2.05) is 0 Å². The first-order chi connectivity index (χ1) is 18.8. The standard InChI is InChI=1S/C38H26/c1-5-13-27(14-6-1)31-21-22-34-37(24-31)35(29-17-9-3-10-18-29)26-33-23-32(28-15-7-2-8-16-28)25-36(38(33)34)30-19-11-4-12-20-30/h1-26H. The molecule has 0 heterocycles. The van der Waals surface area contributed by atoms with Crippen LogP contribution in [-0.4, -0.2) is 0 Å². The predicted octanol–water partition coefficient (Wildman–Crippen LogP) is 10.7. The van der Waals surface area contributed by atoms with Gasteiger partial charge >= 0.3 is 0 Å². The lowest BCUT2D eigenvalue weighted by Gasteiger charge is -2.17. The number of hydrogen-bond acceptors (Lipinski definition) is 0. The zero-order valence-electron chi connectivity index (χ0n) is 21.0. The molecule has 0 aliphatic carbocycles. The maximum Gasteiger partial charge on any atom is -0.00259 e. The summed E-state index contributed by atoms with van der Waals surface area (Å²) in [5.41, 5.74) is 9.91. The lowest BCUT2D eigenvalue weighted by atomic mass is 9.86. The van der Waals surface area contributed by atoms with Crippen LogP contribution in [0.5, 0.6) is 0 Å². The monoisotopic (exact) mass is 482 g/mol. The van der Waals surface area contributed by atoms with E-state index in [2.05, 4.69) is 158 Å². The van der Waals surface area contributed by atoms with Gasteiger partial charge in [0, 0.05) is 0 Å². The first kappa shape index (κ1) is 22.3. The molecule has 0 aromatic heterocycles. The van der Waals surface area contributed by atoms with Gasteiger partial charge in [0.25, 0.3) is 0 Å². The lowest BCUT2D eigenvalue weighted by Crippen LogP contribution is -1.91. The third-order valence-electron chi connectivity index (χ3n) is 7.43. The highest BCUT2D eigenvalue weighted by Gasteiger charge is 2.15. The summed E-state index contributed by atoms with van der Waals surface area (Å²) in [5.74, 6) is 0. The second kappa shape index (κ2) is 9.50. The summed E-state index contributed by atoms with van der Waals surface area (Å²) in [6.07, 6.45) is 0. The van der Waals surface area contributed by atoms with Crippen LogP contribution in [-0.2, 0) is 0 Å². The quantitative estimate of drug-likeness (QED) is 0.219. The van der Waals surface area contributed by atoms with Gasteiger partial charge in [0.15, 0.2) is 0 Å². The van der Waals surface area contributed by atoms with Gasteiger partial charge in [-0.25, -0.2) is 0 Å². The summed E-state index contributed by atoms with van der Waals surface area (Å²) in [4.78, 5) is 0. The van der Waals surface area contributed by atoms with Gasteiger partial charge < -0.3 is 0 Å². The molecule has 0 heteroatoms. The first-order valence-electron chi connectivity index (χ1n) is 13.1. The van der Waals surface area contributed by atoms with Crippen molar-refractivity contribution in [2.24, 2.45) is 0 Å². The van der Waals surface area contributed by atoms with Gasteiger partial charge in [-0.15, -0.1) is 0 Å². The molecule has 0 atom stereocenters. The number of fused-ring (bicyclic) bond motifs is 3. The molecular weight excluding hydrogens is 456 g/mol. The minimum atomic E-state index is 1.23. The van der Waals surface area contributed by atoms with Crippen molar-refractivity contribution < 1.29 is 0 Å². The molecule has 7 aromatic carbocycles. The first-order valence-corrected chi connectivity index (χ1v) is 13.1. The van der Waals surface area contributed by atoms with Crippen LogP contribution in [0.15, 0.2) is 158 Å².